The minimum atomic E-state index is 0.0513. The highest BCUT2D eigenvalue weighted by molar-refractivity contribution is 7.99. The van der Waals surface area contributed by atoms with Gasteiger partial charge in [-0.3, -0.25) is 14.3 Å². The summed E-state index contributed by atoms with van der Waals surface area (Å²) in [6, 6.07) is 12.0. The molecule has 2 heterocycles. The van der Waals surface area contributed by atoms with Gasteiger partial charge in [-0.25, -0.2) is 0 Å². The van der Waals surface area contributed by atoms with Crippen LogP contribution in [0.3, 0.4) is 0 Å². The predicted octanol–water partition coefficient (Wildman–Crippen LogP) is 4.43. The maximum Gasteiger partial charge on any atom is 0.230 e. The van der Waals surface area contributed by atoms with Gasteiger partial charge in [-0.2, -0.15) is 0 Å². The molecule has 1 aromatic carbocycles. The van der Waals surface area contributed by atoms with Crippen molar-refractivity contribution in [2.75, 3.05) is 12.3 Å². The number of carbonyl (C=O) groups excluding carboxylic acids is 1. The smallest absolute Gasteiger partial charge is 0.230 e. The minimum Gasteiger partial charge on any atom is -0.355 e. The molecule has 30 heavy (non-hydrogen) atoms. The van der Waals surface area contributed by atoms with Crippen LogP contribution >= 0.6 is 11.8 Å². The fourth-order valence-electron chi connectivity index (χ4n) is 3.91. The Labute approximate surface area is 181 Å². The summed E-state index contributed by atoms with van der Waals surface area (Å²) in [4.78, 5) is 16.6. The first-order chi connectivity index (χ1) is 14.7. The SMILES string of the molecule is Cc1ccccc1-n1c(SCC(=O)NCC2CCCCC2)nnc1-c1ccncc1. The molecule has 1 saturated carbocycles. The Morgan fingerprint density at radius 3 is 2.63 bits per heavy atom. The Hall–Kier alpha value is -2.67. The zero-order valence-electron chi connectivity index (χ0n) is 17.3. The van der Waals surface area contributed by atoms with Gasteiger partial charge in [-0.1, -0.05) is 49.2 Å². The third kappa shape index (κ3) is 4.90. The van der Waals surface area contributed by atoms with Crippen LogP contribution in [0.2, 0.25) is 0 Å². The molecule has 0 saturated heterocycles. The van der Waals surface area contributed by atoms with Crippen molar-refractivity contribution in [2.24, 2.45) is 5.92 Å². The maximum absolute atomic E-state index is 12.5. The van der Waals surface area contributed by atoms with Gasteiger partial charge in [0.1, 0.15) is 0 Å². The van der Waals surface area contributed by atoms with E-state index in [1.165, 1.54) is 43.9 Å². The molecular weight excluding hydrogens is 394 g/mol. The lowest BCUT2D eigenvalue weighted by Gasteiger charge is -2.21. The summed E-state index contributed by atoms with van der Waals surface area (Å²) < 4.78 is 2.03. The summed E-state index contributed by atoms with van der Waals surface area (Å²) in [5.41, 5.74) is 3.07. The van der Waals surface area contributed by atoms with Crippen LogP contribution in [0.5, 0.6) is 0 Å². The fraction of sp³-hybridized carbons (Fsp3) is 0.391. The molecule has 0 unspecified atom stereocenters. The summed E-state index contributed by atoms with van der Waals surface area (Å²) in [5, 5.41) is 12.7. The average molecular weight is 422 g/mol. The first-order valence-electron chi connectivity index (χ1n) is 10.5. The number of aryl methyl sites for hydroxylation is 1. The van der Waals surface area contributed by atoms with Crippen LogP contribution in [-0.4, -0.2) is 38.0 Å². The normalized spacial score (nSPS) is 14.6. The number of amides is 1. The highest BCUT2D eigenvalue weighted by Crippen LogP contribution is 2.29. The van der Waals surface area contributed by atoms with E-state index in [4.69, 9.17) is 0 Å². The molecule has 0 atom stereocenters. The highest BCUT2D eigenvalue weighted by Gasteiger charge is 2.19. The van der Waals surface area contributed by atoms with E-state index >= 15 is 0 Å². The molecule has 1 aliphatic rings. The number of nitrogens with one attached hydrogen (secondary N) is 1. The standard InChI is InChI=1S/C23H27N5OS/c1-17-7-5-6-10-20(17)28-22(19-11-13-24-14-12-19)26-27-23(28)30-16-21(29)25-15-18-8-3-2-4-9-18/h5-7,10-14,18H,2-4,8-9,15-16H2,1H3,(H,25,29). The van der Waals surface area contributed by atoms with Crippen LogP contribution in [0.15, 0.2) is 53.9 Å². The molecule has 3 aromatic rings. The second-order valence-corrected chi connectivity index (χ2v) is 8.70. The molecule has 2 aromatic heterocycles. The van der Waals surface area contributed by atoms with Crippen LogP contribution in [0, 0.1) is 12.8 Å². The Bertz CT molecular complexity index is 982. The number of para-hydroxylation sites is 1. The van der Waals surface area contributed by atoms with Crippen molar-refractivity contribution < 1.29 is 4.79 Å². The average Bonchev–Trinajstić information content (AvgIpc) is 3.21. The molecule has 1 aliphatic carbocycles. The number of pyridine rings is 1. The van der Waals surface area contributed by atoms with E-state index in [9.17, 15) is 4.79 Å². The Kier molecular flexibility index (Phi) is 6.79. The lowest BCUT2D eigenvalue weighted by atomic mass is 9.89. The summed E-state index contributed by atoms with van der Waals surface area (Å²) >= 11 is 1.42. The third-order valence-corrected chi connectivity index (χ3v) is 6.50. The van der Waals surface area contributed by atoms with E-state index in [0.717, 1.165) is 29.2 Å². The summed E-state index contributed by atoms with van der Waals surface area (Å²) in [7, 11) is 0. The predicted molar refractivity (Wildman–Crippen MR) is 120 cm³/mol. The monoisotopic (exact) mass is 421 g/mol. The molecular formula is C23H27N5OS. The van der Waals surface area contributed by atoms with E-state index in [1.807, 2.05) is 28.8 Å². The molecule has 0 aliphatic heterocycles. The van der Waals surface area contributed by atoms with Crippen LogP contribution in [-0.2, 0) is 4.79 Å². The molecule has 7 heteroatoms. The van der Waals surface area contributed by atoms with Gasteiger partial charge in [0.15, 0.2) is 11.0 Å². The van der Waals surface area contributed by atoms with Crippen molar-refractivity contribution in [1.82, 2.24) is 25.1 Å². The van der Waals surface area contributed by atoms with E-state index in [-0.39, 0.29) is 5.91 Å². The van der Waals surface area contributed by atoms with Gasteiger partial charge < -0.3 is 5.32 Å². The number of aromatic nitrogens is 4. The molecule has 4 rings (SSSR count). The Balaban J connectivity index is 1.51. The van der Waals surface area contributed by atoms with Crippen LogP contribution in [0.25, 0.3) is 17.1 Å². The third-order valence-electron chi connectivity index (χ3n) is 5.57. The van der Waals surface area contributed by atoms with Crippen molar-refractivity contribution in [1.29, 1.82) is 0 Å². The van der Waals surface area contributed by atoms with Crippen LogP contribution in [0.1, 0.15) is 37.7 Å². The zero-order valence-corrected chi connectivity index (χ0v) is 18.1. The van der Waals surface area contributed by atoms with Crippen LogP contribution < -0.4 is 5.32 Å². The second-order valence-electron chi connectivity index (χ2n) is 7.76. The lowest BCUT2D eigenvalue weighted by molar-refractivity contribution is -0.118. The minimum absolute atomic E-state index is 0.0513. The van der Waals surface area contributed by atoms with Gasteiger partial charge in [-0.15, -0.1) is 10.2 Å². The molecule has 6 nitrogen and oxygen atoms in total. The van der Waals surface area contributed by atoms with E-state index in [1.54, 1.807) is 12.4 Å². The van der Waals surface area contributed by atoms with Crippen LogP contribution in [0.4, 0.5) is 0 Å². The van der Waals surface area contributed by atoms with E-state index < -0.39 is 0 Å². The van der Waals surface area contributed by atoms with Gasteiger partial charge in [0.25, 0.3) is 0 Å². The maximum atomic E-state index is 12.5. The number of carbonyl (C=O) groups is 1. The van der Waals surface area contributed by atoms with Crippen molar-refractivity contribution >= 4 is 17.7 Å². The first kappa shape index (κ1) is 20.6. The van der Waals surface area contributed by atoms with E-state index in [0.29, 0.717) is 16.8 Å². The molecule has 0 radical (unpaired) electrons. The molecule has 1 fully saturated rings. The van der Waals surface area contributed by atoms with Gasteiger partial charge >= 0.3 is 0 Å². The highest BCUT2D eigenvalue weighted by atomic mass is 32.2. The number of nitrogens with zero attached hydrogens (tertiary/aromatic N) is 4. The molecule has 156 valence electrons. The summed E-state index contributed by atoms with van der Waals surface area (Å²) in [6.07, 6.45) is 9.85. The molecule has 1 N–H and O–H groups in total. The lowest BCUT2D eigenvalue weighted by Crippen LogP contribution is -2.31. The Morgan fingerprint density at radius 1 is 1.10 bits per heavy atom. The number of hydrogen-bond donors (Lipinski definition) is 1. The van der Waals surface area contributed by atoms with E-state index in [2.05, 4.69) is 39.6 Å². The van der Waals surface area contributed by atoms with Gasteiger partial charge in [0, 0.05) is 24.5 Å². The number of thioether (sulfide) groups is 1. The number of hydrogen-bond acceptors (Lipinski definition) is 5. The zero-order chi connectivity index (χ0) is 20.8. The summed E-state index contributed by atoms with van der Waals surface area (Å²) in [5.74, 6) is 1.75. The first-order valence-corrected chi connectivity index (χ1v) is 11.5. The largest absolute Gasteiger partial charge is 0.355 e. The van der Waals surface area contributed by atoms with Crippen molar-refractivity contribution in [3.8, 4) is 17.1 Å². The number of benzene rings is 1. The topological polar surface area (TPSA) is 72.7 Å². The Morgan fingerprint density at radius 2 is 1.87 bits per heavy atom. The van der Waals surface area contributed by atoms with Crippen molar-refractivity contribution in [3.05, 3.63) is 54.4 Å². The quantitative estimate of drug-likeness (QED) is 0.572. The second kappa shape index (κ2) is 9.89. The van der Waals surface area contributed by atoms with Gasteiger partial charge in [0.05, 0.1) is 11.4 Å². The summed E-state index contributed by atoms with van der Waals surface area (Å²) in [6.45, 7) is 2.85. The van der Waals surface area contributed by atoms with Gasteiger partial charge in [-0.05, 0) is 49.4 Å². The van der Waals surface area contributed by atoms with Crippen molar-refractivity contribution in [3.63, 3.8) is 0 Å². The van der Waals surface area contributed by atoms with Gasteiger partial charge in [0.2, 0.25) is 5.91 Å². The molecule has 0 spiro atoms. The number of rotatable bonds is 7. The molecule has 0 bridgehead atoms. The molecule has 1 amide bonds. The van der Waals surface area contributed by atoms with Crippen molar-refractivity contribution in [2.45, 2.75) is 44.2 Å². The fourth-order valence-corrected chi connectivity index (χ4v) is 4.69.